The van der Waals surface area contributed by atoms with Crippen molar-refractivity contribution < 1.29 is 0 Å². The molecule has 0 atom stereocenters. The fourth-order valence-electron chi connectivity index (χ4n) is 2.27. The molecule has 0 aliphatic heterocycles. The van der Waals surface area contributed by atoms with Gasteiger partial charge < -0.3 is 4.98 Å². The van der Waals surface area contributed by atoms with Gasteiger partial charge in [-0.2, -0.15) is 0 Å². The molecule has 90 valence electrons. The second-order valence-electron chi connectivity index (χ2n) is 4.63. The molecule has 0 bridgehead atoms. The van der Waals surface area contributed by atoms with E-state index in [9.17, 15) is 0 Å². The third-order valence-electron chi connectivity index (χ3n) is 3.49. The molecule has 0 aliphatic carbocycles. The first-order valence-corrected chi connectivity index (χ1v) is 6.38. The molecule has 1 aromatic heterocycles. The lowest BCUT2D eigenvalue weighted by atomic mass is 10.1. The second-order valence-corrected chi connectivity index (χ2v) is 5.04. The highest BCUT2D eigenvalue weighted by atomic mass is 35.5. The second kappa shape index (κ2) is 4.18. The summed E-state index contributed by atoms with van der Waals surface area (Å²) in [5.74, 6) is 0. The molecule has 1 nitrogen and oxygen atoms in total. The summed E-state index contributed by atoms with van der Waals surface area (Å²) in [5, 5.41) is 2.01. The molecule has 0 unspecified atom stereocenters. The van der Waals surface area contributed by atoms with Crippen LogP contribution >= 0.6 is 11.6 Å². The summed E-state index contributed by atoms with van der Waals surface area (Å²) in [7, 11) is 0. The van der Waals surface area contributed by atoms with E-state index in [-0.39, 0.29) is 0 Å². The van der Waals surface area contributed by atoms with Crippen molar-refractivity contribution in [3.8, 4) is 11.3 Å². The van der Waals surface area contributed by atoms with E-state index in [0.717, 1.165) is 16.3 Å². The van der Waals surface area contributed by atoms with E-state index in [0.29, 0.717) is 0 Å². The Morgan fingerprint density at radius 1 is 1.00 bits per heavy atom. The largest absolute Gasteiger partial charge is 0.354 e. The predicted molar refractivity (Wildman–Crippen MR) is 78.2 cm³/mol. The van der Waals surface area contributed by atoms with E-state index in [1.807, 2.05) is 24.3 Å². The van der Waals surface area contributed by atoms with Crippen molar-refractivity contribution in [2.45, 2.75) is 13.8 Å². The number of fused-ring (bicyclic) bond motifs is 1. The summed E-state index contributed by atoms with van der Waals surface area (Å²) in [4.78, 5) is 3.48. The van der Waals surface area contributed by atoms with E-state index >= 15 is 0 Å². The van der Waals surface area contributed by atoms with Crippen LogP contribution in [0, 0.1) is 13.8 Å². The van der Waals surface area contributed by atoms with Crippen molar-refractivity contribution in [1.82, 2.24) is 4.98 Å². The first-order chi connectivity index (χ1) is 8.66. The van der Waals surface area contributed by atoms with Gasteiger partial charge in [0.05, 0.1) is 0 Å². The molecule has 0 saturated heterocycles. The standard InChI is InChI=1S/C16H14ClN/c1-10-7-8-12-9-15(18-16(12)11(10)2)13-5-3-4-6-14(13)17/h3-9,18H,1-2H3. The monoisotopic (exact) mass is 255 g/mol. The highest BCUT2D eigenvalue weighted by Crippen LogP contribution is 2.31. The molecule has 2 heteroatoms. The third kappa shape index (κ3) is 1.72. The average molecular weight is 256 g/mol. The van der Waals surface area contributed by atoms with Crippen LogP contribution in [-0.4, -0.2) is 4.98 Å². The summed E-state index contributed by atoms with van der Waals surface area (Å²) in [6.07, 6.45) is 0. The first kappa shape index (κ1) is 11.4. The maximum absolute atomic E-state index is 6.24. The highest BCUT2D eigenvalue weighted by Gasteiger charge is 2.08. The van der Waals surface area contributed by atoms with Crippen molar-refractivity contribution in [2.75, 3.05) is 0 Å². The molecular formula is C16H14ClN. The zero-order chi connectivity index (χ0) is 12.7. The number of H-pyrrole nitrogens is 1. The number of nitrogens with one attached hydrogen (secondary N) is 1. The van der Waals surface area contributed by atoms with E-state index in [2.05, 4.69) is 37.0 Å². The predicted octanol–water partition coefficient (Wildman–Crippen LogP) is 5.11. The van der Waals surface area contributed by atoms with Crippen LogP contribution in [0.25, 0.3) is 22.2 Å². The molecule has 18 heavy (non-hydrogen) atoms. The minimum Gasteiger partial charge on any atom is -0.354 e. The van der Waals surface area contributed by atoms with Gasteiger partial charge in [0.25, 0.3) is 0 Å². The SMILES string of the molecule is Cc1ccc2cc(-c3ccccc3Cl)[nH]c2c1C. The van der Waals surface area contributed by atoms with E-state index in [1.165, 1.54) is 22.0 Å². The minimum absolute atomic E-state index is 0.776. The molecule has 2 aromatic carbocycles. The zero-order valence-electron chi connectivity index (χ0n) is 10.4. The lowest BCUT2D eigenvalue weighted by Crippen LogP contribution is -1.82. The lowest BCUT2D eigenvalue weighted by molar-refractivity contribution is 1.34. The summed E-state index contributed by atoms with van der Waals surface area (Å²) in [5.41, 5.74) is 5.92. The Bertz CT molecular complexity index is 725. The number of rotatable bonds is 1. The quantitative estimate of drug-likeness (QED) is 0.622. The number of aromatic nitrogens is 1. The smallest absolute Gasteiger partial charge is 0.0499 e. The van der Waals surface area contributed by atoms with Gasteiger partial charge in [0.15, 0.2) is 0 Å². The highest BCUT2D eigenvalue weighted by molar-refractivity contribution is 6.33. The number of hydrogen-bond donors (Lipinski definition) is 1. The summed E-state index contributed by atoms with van der Waals surface area (Å²) < 4.78 is 0. The molecule has 0 radical (unpaired) electrons. The Labute approximate surface area is 111 Å². The number of aryl methyl sites for hydroxylation is 2. The zero-order valence-corrected chi connectivity index (χ0v) is 11.2. The van der Waals surface area contributed by atoms with Gasteiger partial charge in [0, 0.05) is 27.2 Å². The third-order valence-corrected chi connectivity index (χ3v) is 3.82. The number of halogens is 1. The van der Waals surface area contributed by atoms with Crippen molar-refractivity contribution in [2.24, 2.45) is 0 Å². The van der Waals surface area contributed by atoms with Gasteiger partial charge in [0.1, 0.15) is 0 Å². The maximum atomic E-state index is 6.24. The summed E-state index contributed by atoms with van der Waals surface area (Å²) in [6.45, 7) is 4.27. The van der Waals surface area contributed by atoms with Crippen LogP contribution in [0.2, 0.25) is 5.02 Å². The number of hydrogen-bond acceptors (Lipinski definition) is 0. The number of benzene rings is 2. The Kier molecular flexibility index (Phi) is 2.64. The molecule has 0 spiro atoms. The van der Waals surface area contributed by atoms with Crippen molar-refractivity contribution in [3.05, 3.63) is 58.6 Å². The van der Waals surface area contributed by atoms with E-state index in [4.69, 9.17) is 11.6 Å². The van der Waals surface area contributed by atoms with E-state index < -0.39 is 0 Å². The normalized spacial score (nSPS) is 11.1. The van der Waals surface area contributed by atoms with Crippen LogP contribution < -0.4 is 0 Å². The lowest BCUT2D eigenvalue weighted by Gasteiger charge is -2.01. The Balaban J connectivity index is 2.26. The van der Waals surface area contributed by atoms with Crippen LogP contribution in [0.15, 0.2) is 42.5 Å². The Morgan fingerprint density at radius 3 is 2.56 bits per heavy atom. The number of aromatic amines is 1. The topological polar surface area (TPSA) is 15.8 Å². The summed E-state index contributed by atoms with van der Waals surface area (Å²) >= 11 is 6.24. The first-order valence-electron chi connectivity index (χ1n) is 6.00. The molecule has 3 aromatic rings. The molecule has 1 heterocycles. The van der Waals surface area contributed by atoms with Gasteiger partial charge >= 0.3 is 0 Å². The molecular weight excluding hydrogens is 242 g/mol. The van der Waals surface area contributed by atoms with Gasteiger partial charge in [0.2, 0.25) is 0 Å². The van der Waals surface area contributed by atoms with Crippen molar-refractivity contribution in [1.29, 1.82) is 0 Å². The Morgan fingerprint density at radius 2 is 1.78 bits per heavy atom. The molecule has 0 saturated carbocycles. The van der Waals surface area contributed by atoms with Crippen molar-refractivity contribution >= 4 is 22.5 Å². The van der Waals surface area contributed by atoms with Crippen LogP contribution in [-0.2, 0) is 0 Å². The van der Waals surface area contributed by atoms with Crippen LogP contribution in [0.3, 0.4) is 0 Å². The van der Waals surface area contributed by atoms with Gasteiger partial charge in [-0.1, -0.05) is 41.9 Å². The molecule has 0 amide bonds. The van der Waals surface area contributed by atoms with Gasteiger partial charge in [-0.3, -0.25) is 0 Å². The molecule has 3 rings (SSSR count). The average Bonchev–Trinajstić information content (AvgIpc) is 2.79. The molecule has 0 fully saturated rings. The van der Waals surface area contributed by atoms with E-state index in [1.54, 1.807) is 0 Å². The van der Waals surface area contributed by atoms with Crippen molar-refractivity contribution in [3.63, 3.8) is 0 Å². The van der Waals surface area contributed by atoms with Crippen LogP contribution in [0.1, 0.15) is 11.1 Å². The van der Waals surface area contributed by atoms with Gasteiger partial charge in [-0.05, 0) is 37.1 Å². The molecule has 0 aliphatic rings. The van der Waals surface area contributed by atoms with Gasteiger partial charge in [-0.15, -0.1) is 0 Å². The fourth-order valence-corrected chi connectivity index (χ4v) is 2.51. The minimum atomic E-state index is 0.776. The molecule has 1 N–H and O–H groups in total. The van der Waals surface area contributed by atoms with Crippen LogP contribution in [0.4, 0.5) is 0 Å². The fraction of sp³-hybridized carbons (Fsp3) is 0.125. The Hall–Kier alpha value is -1.73. The summed E-state index contributed by atoms with van der Waals surface area (Å²) in [6, 6.07) is 14.4. The van der Waals surface area contributed by atoms with Gasteiger partial charge in [-0.25, -0.2) is 0 Å². The maximum Gasteiger partial charge on any atom is 0.0499 e. The van der Waals surface area contributed by atoms with Crippen LogP contribution in [0.5, 0.6) is 0 Å².